The Balaban J connectivity index is 2.45. The summed E-state index contributed by atoms with van der Waals surface area (Å²) in [5, 5.41) is 14.2. The van der Waals surface area contributed by atoms with E-state index in [1.165, 1.54) is 0 Å². The first kappa shape index (κ1) is 13.3. The van der Waals surface area contributed by atoms with Gasteiger partial charge in [0.2, 0.25) is 5.89 Å². The highest BCUT2D eigenvalue weighted by Crippen LogP contribution is 2.14. The van der Waals surface area contributed by atoms with E-state index in [4.69, 9.17) is 4.42 Å². The number of nitrogens with zero attached hydrogens (tertiary/aromatic N) is 2. The van der Waals surface area contributed by atoms with Crippen LogP contribution in [-0.4, -0.2) is 34.8 Å². The molecule has 1 rings (SSSR count). The molecule has 1 aromatic heterocycles. The Kier molecular flexibility index (Phi) is 5.62. The quantitative estimate of drug-likeness (QED) is 0.764. The van der Waals surface area contributed by atoms with Crippen LogP contribution in [0.5, 0.6) is 0 Å². The molecule has 0 bridgehead atoms. The van der Waals surface area contributed by atoms with Gasteiger partial charge in [0.1, 0.15) is 0 Å². The zero-order valence-electron chi connectivity index (χ0n) is 10.3. The lowest BCUT2D eigenvalue weighted by atomic mass is 10.3. The van der Waals surface area contributed by atoms with Gasteiger partial charge in [0.05, 0.1) is 6.04 Å². The lowest BCUT2D eigenvalue weighted by Gasteiger charge is -2.10. The van der Waals surface area contributed by atoms with Crippen molar-refractivity contribution in [1.29, 1.82) is 0 Å². The van der Waals surface area contributed by atoms with Crippen molar-refractivity contribution in [2.75, 3.05) is 23.9 Å². The molecule has 0 fully saturated rings. The maximum Gasteiger partial charge on any atom is 0.315 e. The Morgan fingerprint density at radius 2 is 2.12 bits per heavy atom. The zero-order chi connectivity index (χ0) is 12.0. The number of anilines is 1. The minimum Gasteiger partial charge on any atom is -0.406 e. The first-order valence-corrected chi connectivity index (χ1v) is 6.67. The molecule has 0 spiro atoms. The number of nitrogens with one attached hydrogen (secondary N) is 2. The molecule has 1 aromatic rings. The second-order valence-corrected chi connectivity index (χ2v) is 4.98. The van der Waals surface area contributed by atoms with E-state index in [1.54, 1.807) is 0 Å². The van der Waals surface area contributed by atoms with Crippen molar-refractivity contribution in [2.45, 2.75) is 32.9 Å². The molecule has 0 amide bonds. The second kappa shape index (κ2) is 6.75. The van der Waals surface area contributed by atoms with E-state index in [0.29, 0.717) is 17.9 Å². The first-order valence-electron chi connectivity index (χ1n) is 5.52. The fraction of sp³-hybridized carbons (Fsp3) is 0.800. The maximum atomic E-state index is 5.48. The van der Waals surface area contributed by atoms with Gasteiger partial charge in [-0.3, -0.25) is 0 Å². The van der Waals surface area contributed by atoms with Crippen molar-refractivity contribution in [3.05, 3.63) is 5.89 Å². The molecule has 0 radical (unpaired) electrons. The van der Waals surface area contributed by atoms with E-state index in [0.717, 1.165) is 11.5 Å². The van der Waals surface area contributed by atoms with E-state index >= 15 is 0 Å². The zero-order valence-corrected chi connectivity index (χ0v) is 11.1. The minimum atomic E-state index is 0.0865. The predicted molar refractivity (Wildman–Crippen MR) is 67.9 cm³/mol. The number of hydrogen-bond donors (Lipinski definition) is 2. The van der Waals surface area contributed by atoms with Crippen molar-refractivity contribution in [3.63, 3.8) is 0 Å². The number of hydrogen-bond acceptors (Lipinski definition) is 6. The van der Waals surface area contributed by atoms with Gasteiger partial charge >= 0.3 is 6.01 Å². The number of rotatable bonds is 7. The van der Waals surface area contributed by atoms with Crippen LogP contribution in [-0.2, 0) is 0 Å². The molecular formula is C10H20N4OS. The summed E-state index contributed by atoms with van der Waals surface area (Å²) in [5.41, 5.74) is 0. The third kappa shape index (κ3) is 4.02. The van der Waals surface area contributed by atoms with Crippen LogP contribution in [0.2, 0.25) is 0 Å². The van der Waals surface area contributed by atoms with Gasteiger partial charge in [0, 0.05) is 11.8 Å². The van der Waals surface area contributed by atoms with E-state index in [2.05, 4.69) is 34.7 Å². The monoisotopic (exact) mass is 244 g/mol. The van der Waals surface area contributed by atoms with Gasteiger partial charge in [-0.2, -0.15) is 11.8 Å². The number of aromatic nitrogens is 2. The van der Waals surface area contributed by atoms with Crippen LogP contribution in [0.25, 0.3) is 0 Å². The highest BCUT2D eigenvalue weighted by molar-refractivity contribution is 7.99. The molecule has 92 valence electrons. The Labute approximate surface area is 101 Å². The summed E-state index contributed by atoms with van der Waals surface area (Å²) in [6.07, 6.45) is 0. The average molecular weight is 244 g/mol. The third-order valence-corrected chi connectivity index (χ3v) is 3.33. The van der Waals surface area contributed by atoms with Crippen molar-refractivity contribution in [3.8, 4) is 0 Å². The molecule has 16 heavy (non-hydrogen) atoms. The van der Waals surface area contributed by atoms with Crippen LogP contribution in [0.15, 0.2) is 4.42 Å². The summed E-state index contributed by atoms with van der Waals surface area (Å²) in [5.74, 6) is 2.77. The summed E-state index contributed by atoms with van der Waals surface area (Å²) in [6, 6.07) is 0.924. The fourth-order valence-electron chi connectivity index (χ4n) is 1.14. The molecule has 0 aliphatic heterocycles. The molecular weight excluding hydrogens is 224 g/mol. The minimum absolute atomic E-state index is 0.0865. The topological polar surface area (TPSA) is 63.0 Å². The van der Waals surface area contributed by atoms with Crippen LogP contribution in [0, 0.1) is 0 Å². The molecule has 2 atom stereocenters. The number of thioether (sulfide) groups is 1. The molecule has 0 aliphatic rings. The maximum absolute atomic E-state index is 5.48. The van der Waals surface area contributed by atoms with Crippen LogP contribution in [0.3, 0.4) is 0 Å². The fourth-order valence-corrected chi connectivity index (χ4v) is 1.81. The molecule has 6 heteroatoms. The highest BCUT2D eigenvalue weighted by Gasteiger charge is 2.13. The molecule has 2 unspecified atom stereocenters. The normalized spacial score (nSPS) is 14.8. The third-order valence-electron chi connectivity index (χ3n) is 2.19. The van der Waals surface area contributed by atoms with Gasteiger partial charge in [-0.25, -0.2) is 0 Å². The lowest BCUT2D eigenvalue weighted by molar-refractivity contribution is 0.439. The van der Waals surface area contributed by atoms with E-state index in [1.807, 2.05) is 25.7 Å². The largest absolute Gasteiger partial charge is 0.406 e. The van der Waals surface area contributed by atoms with Crippen LogP contribution in [0.4, 0.5) is 6.01 Å². The van der Waals surface area contributed by atoms with E-state index < -0.39 is 0 Å². The molecule has 0 saturated heterocycles. The SMILES string of the molecule is CCSCC(C)Nc1nnc(C(C)NC)o1. The second-order valence-electron chi connectivity index (χ2n) is 3.66. The lowest BCUT2D eigenvalue weighted by Crippen LogP contribution is -2.18. The molecule has 2 N–H and O–H groups in total. The van der Waals surface area contributed by atoms with Crippen molar-refractivity contribution >= 4 is 17.8 Å². The highest BCUT2D eigenvalue weighted by atomic mass is 32.2. The molecule has 0 saturated carbocycles. The van der Waals surface area contributed by atoms with Gasteiger partial charge in [-0.05, 0) is 26.6 Å². The molecule has 1 heterocycles. The van der Waals surface area contributed by atoms with Crippen molar-refractivity contribution in [1.82, 2.24) is 15.5 Å². The van der Waals surface area contributed by atoms with Crippen molar-refractivity contribution in [2.24, 2.45) is 0 Å². The summed E-state index contributed by atoms with van der Waals surface area (Å²) < 4.78 is 5.48. The molecule has 0 aliphatic carbocycles. The summed E-state index contributed by atoms with van der Waals surface area (Å²) in [7, 11) is 1.86. The van der Waals surface area contributed by atoms with Crippen LogP contribution >= 0.6 is 11.8 Å². The van der Waals surface area contributed by atoms with E-state index in [9.17, 15) is 0 Å². The van der Waals surface area contributed by atoms with Crippen molar-refractivity contribution < 1.29 is 4.42 Å². The van der Waals surface area contributed by atoms with Crippen LogP contribution < -0.4 is 10.6 Å². The van der Waals surface area contributed by atoms with E-state index in [-0.39, 0.29) is 6.04 Å². The summed E-state index contributed by atoms with van der Waals surface area (Å²) in [6.45, 7) is 6.23. The first-order chi connectivity index (χ1) is 7.67. The predicted octanol–water partition coefficient (Wildman–Crippen LogP) is 1.90. The molecule has 5 nitrogen and oxygen atoms in total. The van der Waals surface area contributed by atoms with Gasteiger partial charge in [-0.15, -0.1) is 5.10 Å². The summed E-state index contributed by atoms with van der Waals surface area (Å²) in [4.78, 5) is 0. The van der Waals surface area contributed by atoms with Crippen LogP contribution in [0.1, 0.15) is 32.7 Å². The van der Waals surface area contributed by atoms with Gasteiger partial charge in [0.15, 0.2) is 0 Å². The summed E-state index contributed by atoms with van der Waals surface area (Å²) >= 11 is 1.89. The Morgan fingerprint density at radius 3 is 2.75 bits per heavy atom. The smallest absolute Gasteiger partial charge is 0.315 e. The Morgan fingerprint density at radius 1 is 1.38 bits per heavy atom. The Bertz CT molecular complexity index is 305. The van der Waals surface area contributed by atoms with Gasteiger partial charge < -0.3 is 15.1 Å². The van der Waals surface area contributed by atoms with Gasteiger partial charge in [0.25, 0.3) is 0 Å². The average Bonchev–Trinajstić information content (AvgIpc) is 2.73. The molecule has 0 aromatic carbocycles. The Hall–Kier alpha value is -0.750. The van der Waals surface area contributed by atoms with Gasteiger partial charge in [-0.1, -0.05) is 12.0 Å². The standard InChI is InChI=1S/C10H20N4OS/c1-5-16-6-7(2)12-10-14-13-9(15-10)8(3)11-4/h7-8,11H,5-6H2,1-4H3,(H,12,14).